The Morgan fingerprint density at radius 1 is 1.50 bits per heavy atom. The molecule has 1 rings (SSSR count). The Morgan fingerprint density at radius 3 is 2.64 bits per heavy atom. The van der Waals surface area contributed by atoms with E-state index in [2.05, 4.69) is 0 Å². The first-order chi connectivity index (χ1) is 6.57. The van der Waals surface area contributed by atoms with Gasteiger partial charge in [0, 0.05) is 12.7 Å². The zero-order valence-corrected chi connectivity index (χ0v) is 8.25. The van der Waals surface area contributed by atoms with Gasteiger partial charge in [-0.05, 0) is 11.5 Å². The van der Waals surface area contributed by atoms with E-state index in [0.29, 0.717) is 0 Å². The highest BCUT2D eigenvalue weighted by Gasteiger charge is 2.20. The van der Waals surface area contributed by atoms with Gasteiger partial charge in [-0.25, -0.2) is 4.39 Å². The molecule has 0 aliphatic rings. The average Bonchev–Trinajstić information content (AvgIpc) is 2.13. The fraction of sp³-hybridized carbons (Fsp3) is 0.250. The third kappa shape index (κ3) is 2.25. The van der Waals surface area contributed by atoms with Crippen LogP contribution in [0.1, 0.15) is 5.56 Å². The van der Waals surface area contributed by atoms with E-state index in [0.717, 1.165) is 0 Å². The lowest BCUT2D eigenvalue weighted by molar-refractivity contribution is 0.182. The van der Waals surface area contributed by atoms with Crippen LogP contribution in [0, 0.1) is 5.82 Å². The van der Waals surface area contributed by atoms with Crippen LogP contribution >= 0.6 is 11.6 Å². The van der Waals surface area contributed by atoms with Gasteiger partial charge in [-0.2, -0.15) is 0 Å². The van der Waals surface area contributed by atoms with Crippen LogP contribution in [0.5, 0.6) is 0 Å². The smallest absolute Gasteiger partial charge is 0.423 e. The maximum atomic E-state index is 13.4. The number of hydrogen-bond acceptors (Lipinski definition) is 3. The predicted octanol–water partition coefficient (Wildman–Crippen LogP) is 0.305. The monoisotopic (exact) mass is 218 g/mol. The molecule has 3 nitrogen and oxygen atoms in total. The van der Waals surface area contributed by atoms with E-state index in [4.69, 9.17) is 26.4 Å². The van der Waals surface area contributed by atoms with Gasteiger partial charge >= 0.3 is 7.12 Å². The van der Waals surface area contributed by atoms with Crippen molar-refractivity contribution in [2.45, 2.75) is 6.61 Å². The lowest BCUT2D eigenvalue weighted by atomic mass is 9.77. The van der Waals surface area contributed by atoms with E-state index in [1.165, 1.54) is 19.2 Å². The van der Waals surface area contributed by atoms with Crippen LogP contribution in [-0.2, 0) is 11.3 Å². The molecule has 1 aromatic rings. The van der Waals surface area contributed by atoms with Gasteiger partial charge < -0.3 is 14.8 Å². The maximum Gasteiger partial charge on any atom is 0.488 e. The molecule has 0 saturated carbocycles. The average molecular weight is 218 g/mol. The highest BCUT2D eigenvalue weighted by molar-refractivity contribution is 6.59. The van der Waals surface area contributed by atoms with Crippen molar-refractivity contribution < 1.29 is 19.2 Å². The van der Waals surface area contributed by atoms with Crippen LogP contribution in [0.2, 0.25) is 5.02 Å². The number of rotatable bonds is 3. The summed E-state index contributed by atoms with van der Waals surface area (Å²) in [4.78, 5) is 0. The Bertz CT molecular complexity index is 333. The number of hydrogen-bond donors (Lipinski definition) is 2. The molecule has 1 aromatic carbocycles. The van der Waals surface area contributed by atoms with Gasteiger partial charge in [-0.15, -0.1) is 0 Å². The van der Waals surface area contributed by atoms with Gasteiger partial charge in [0.2, 0.25) is 0 Å². The predicted molar refractivity (Wildman–Crippen MR) is 51.9 cm³/mol. The summed E-state index contributed by atoms with van der Waals surface area (Å²) in [5.74, 6) is -0.681. The molecule has 76 valence electrons. The van der Waals surface area contributed by atoms with E-state index in [9.17, 15) is 4.39 Å². The molecule has 0 unspecified atom stereocenters. The second kappa shape index (κ2) is 4.75. The van der Waals surface area contributed by atoms with Crippen LogP contribution in [0.15, 0.2) is 12.1 Å². The lowest BCUT2D eigenvalue weighted by Crippen LogP contribution is -2.34. The SMILES string of the molecule is COCc1c(B(O)O)ccc(Cl)c1F. The summed E-state index contributed by atoms with van der Waals surface area (Å²) in [6, 6.07) is 2.62. The first-order valence-corrected chi connectivity index (χ1v) is 4.27. The van der Waals surface area contributed by atoms with Gasteiger partial charge in [0.1, 0.15) is 5.82 Å². The fourth-order valence-electron chi connectivity index (χ4n) is 1.14. The minimum absolute atomic E-state index is 0.0562. The zero-order chi connectivity index (χ0) is 10.7. The molecule has 0 aliphatic carbocycles. The van der Waals surface area contributed by atoms with Crippen molar-refractivity contribution in [3.63, 3.8) is 0 Å². The molecular formula is C8H9BClFO3. The van der Waals surface area contributed by atoms with Crippen LogP contribution in [-0.4, -0.2) is 24.3 Å². The molecule has 0 amide bonds. The van der Waals surface area contributed by atoms with Gasteiger partial charge in [0.15, 0.2) is 0 Å². The summed E-state index contributed by atoms with van der Waals surface area (Å²) in [6.45, 7) is -0.0562. The van der Waals surface area contributed by atoms with Gasteiger partial charge in [0.05, 0.1) is 11.6 Å². The van der Waals surface area contributed by atoms with E-state index >= 15 is 0 Å². The van der Waals surface area contributed by atoms with Gasteiger partial charge in [0.25, 0.3) is 0 Å². The minimum atomic E-state index is -1.73. The van der Waals surface area contributed by atoms with Crippen molar-refractivity contribution in [1.82, 2.24) is 0 Å². The Morgan fingerprint density at radius 2 is 2.14 bits per heavy atom. The molecule has 6 heteroatoms. The van der Waals surface area contributed by atoms with Crippen LogP contribution < -0.4 is 5.46 Å². The highest BCUT2D eigenvalue weighted by Crippen LogP contribution is 2.17. The van der Waals surface area contributed by atoms with Crippen molar-refractivity contribution in [2.24, 2.45) is 0 Å². The zero-order valence-electron chi connectivity index (χ0n) is 7.50. The third-order valence-electron chi connectivity index (χ3n) is 1.80. The minimum Gasteiger partial charge on any atom is -0.423 e. The van der Waals surface area contributed by atoms with Crippen LogP contribution in [0.4, 0.5) is 4.39 Å². The molecule has 14 heavy (non-hydrogen) atoms. The molecule has 0 aromatic heterocycles. The molecule has 0 spiro atoms. The van der Waals surface area contributed by atoms with Crippen LogP contribution in [0.25, 0.3) is 0 Å². The van der Waals surface area contributed by atoms with Crippen molar-refractivity contribution in [3.05, 3.63) is 28.5 Å². The number of ether oxygens (including phenoxy) is 1. The summed E-state index contributed by atoms with van der Waals surface area (Å²) < 4.78 is 18.1. The van der Waals surface area contributed by atoms with Crippen molar-refractivity contribution in [2.75, 3.05) is 7.11 Å². The normalized spacial score (nSPS) is 10.4. The molecule has 0 atom stereocenters. The summed E-state index contributed by atoms with van der Waals surface area (Å²) in [7, 11) is -0.347. The number of halogens is 2. The lowest BCUT2D eigenvalue weighted by Gasteiger charge is -2.09. The maximum absolute atomic E-state index is 13.4. The Kier molecular flexibility index (Phi) is 3.89. The van der Waals surface area contributed by atoms with Crippen molar-refractivity contribution >= 4 is 24.2 Å². The van der Waals surface area contributed by atoms with E-state index < -0.39 is 12.9 Å². The molecule has 0 aliphatic heterocycles. The Balaban J connectivity index is 3.22. The number of benzene rings is 1. The molecule has 0 bridgehead atoms. The summed E-state index contributed by atoms with van der Waals surface area (Å²) >= 11 is 5.53. The quantitative estimate of drug-likeness (QED) is 0.718. The Labute approximate surface area is 86.2 Å². The largest absolute Gasteiger partial charge is 0.488 e. The Hall–Kier alpha value is -0.615. The van der Waals surface area contributed by atoms with Crippen LogP contribution in [0.3, 0.4) is 0 Å². The molecule has 2 N–H and O–H groups in total. The van der Waals surface area contributed by atoms with Gasteiger partial charge in [-0.3, -0.25) is 0 Å². The first kappa shape index (κ1) is 11.5. The molecule has 0 saturated heterocycles. The highest BCUT2D eigenvalue weighted by atomic mass is 35.5. The van der Waals surface area contributed by atoms with Crippen molar-refractivity contribution in [3.8, 4) is 0 Å². The fourth-order valence-corrected chi connectivity index (χ4v) is 1.32. The van der Waals surface area contributed by atoms with E-state index in [1.54, 1.807) is 0 Å². The van der Waals surface area contributed by atoms with Gasteiger partial charge in [-0.1, -0.05) is 17.7 Å². The molecule has 0 fully saturated rings. The first-order valence-electron chi connectivity index (χ1n) is 3.89. The molecular weight excluding hydrogens is 209 g/mol. The summed E-state index contributed by atoms with van der Waals surface area (Å²) in [5.41, 5.74) is 0.128. The summed E-state index contributed by atoms with van der Waals surface area (Å²) in [5, 5.41) is 17.8. The third-order valence-corrected chi connectivity index (χ3v) is 2.09. The number of methoxy groups -OCH3 is 1. The second-order valence-corrected chi connectivity index (χ2v) is 3.14. The van der Waals surface area contributed by atoms with Crippen molar-refractivity contribution in [1.29, 1.82) is 0 Å². The summed E-state index contributed by atoms with van der Waals surface area (Å²) in [6.07, 6.45) is 0. The standard InChI is InChI=1S/C8H9BClFO3/c1-14-4-5-6(9(12)13)2-3-7(10)8(5)11/h2-3,12-13H,4H2,1H3. The molecule has 0 radical (unpaired) electrons. The van der Waals surface area contributed by atoms with E-state index in [-0.39, 0.29) is 22.7 Å². The molecule has 0 heterocycles. The topological polar surface area (TPSA) is 49.7 Å². The van der Waals surface area contributed by atoms with E-state index in [1.807, 2.05) is 0 Å². The second-order valence-electron chi connectivity index (χ2n) is 2.74.